The second-order valence-electron chi connectivity index (χ2n) is 7.76. The van der Waals surface area contributed by atoms with E-state index in [-0.39, 0.29) is 29.2 Å². The van der Waals surface area contributed by atoms with Crippen LogP contribution in [-0.4, -0.2) is 28.6 Å². The number of carbonyl (C=O) groups excluding carboxylic acids is 3. The highest BCUT2D eigenvalue weighted by atomic mass is 35.5. The Morgan fingerprint density at radius 2 is 1.83 bits per heavy atom. The van der Waals surface area contributed by atoms with Gasteiger partial charge in [0.1, 0.15) is 5.75 Å². The SMILES string of the molecule is Cc1cccc(NC(=O)COc2ccccc2/C=C2\SC(=O)N(Cc3ccc(Cl)c(Cl)c3)C2=O)c1. The lowest BCUT2D eigenvalue weighted by molar-refractivity contribution is -0.123. The molecule has 0 bridgehead atoms. The molecule has 0 radical (unpaired) electrons. The Kier molecular flexibility index (Phi) is 7.80. The summed E-state index contributed by atoms with van der Waals surface area (Å²) in [7, 11) is 0. The minimum Gasteiger partial charge on any atom is -0.483 e. The monoisotopic (exact) mass is 526 g/mol. The van der Waals surface area contributed by atoms with E-state index < -0.39 is 5.91 Å². The number of rotatable bonds is 7. The molecule has 35 heavy (non-hydrogen) atoms. The number of imide groups is 1. The third kappa shape index (κ3) is 6.25. The third-order valence-corrected chi connectivity index (χ3v) is 6.71. The maximum Gasteiger partial charge on any atom is 0.293 e. The Morgan fingerprint density at radius 3 is 2.60 bits per heavy atom. The molecule has 0 unspecified atom stereocenters. The molecule has 3 amide bonds. The number of anilines is 1. The number of carbonyl (C=O) groups is 3. The molecule has 1 N–H and O–H groups in total. The molecule has 0 saturated carbocycles. The first kappa shape index (κ1) is 24.9. The normalized spacial score (nSPS) is 14.5. The van der Waals surface area contributed by atoms with Crippen molar-refractivity contribution in [2.24, 2.45) is 0 Å². The summed E-state index contributed by atoms with van der Waals surface area (Å²) >= 11 is 12.8. The number of aryl methyl sites for hydroxylation is 1. The van der Waals surface area contributed by atoms with Crippen molar-refractivity contribution in [3.8, 4) is 5.75 Å². The molecule has 0 atom stereocenters. The fourth-order valence-electron chi connectivity index (χ4n) is 3.39. The third-order valence-electron chi connectivity index (χ3n) is 5.06. The highest BCUT2D eigenvalue weighted by molar-refractivity contribution is 8.18. The lowest BCUT2D eigenvalue weighted by atomic mass is 10.1. The Balaban J connectivity index is 1.45. The van der Waals surface area contributed by atoms with Gasteiger partial charge in [0.15, 0.2) is 6.61 Å². The van der Waals surface area contributed by atoms with Crippen LogP contribution in [0, 0.1) is 6.92 Å². The first-order valence-corrected chi connectivity index (χ1v) is 12.1. The van der Waals surface area contributed by atoms with E-state index in [1.165, 1.54) is 0 Å². The van der Waals surface area contributed by atoms with Gasteiger partial charge in [0, 0.05) is 11.3 Å². The number of hydrogen-bond acceptors (Lipinski definition) is 5. The summed E-state index contributed by atoms with van der Waals surface area (Å²) in [5.41, 5.74) is 2.98. The molecule has 1 saturated heterocycles. The maximum absolute atomic E-state index is 12.9. The molecule has 178 valence electrons. The van der Waals surface area contributed by atoms with Crippen molar-refractivity contribution >= 4 is 63.8 Å². The number of ether oxygens (including phenoxy) is 1. The molecule has 3 aromatic rings. The van der Waals surface area contributed by atoms with Crippen molar-refractivity contribution in [3.63, 3.8) is 0 Å². The van der Waals surface area contributed by atoms with Crippen LogP contribution < -0.4 is 10.1 Å². The largest absolute Gasteiger partial charge is 0.483 e. The van der Waals surface area contributed by atoms with E-state index in [1.807, 2.05) is 25.1 Å². The Labute approximate surface area is 216 Å². The van der Waals surface area contributed by atoms with Crippen LogP contribution in [-0.2, 0) is 16.1 Å². The summed E-state index contributed by atoms with van der Waals surface area (Å²) in [6.07, 6.45) is 1.59. The van der Waals surface area contributed by atoms with Gasteiger partial charge in [-0.15, -0.1) is 0 Å². The van der Waals surface area contributed by atoms with Crippen LogP contribution in [0.2, 0.25) is 10.0 Å². The number of thioether (sulfide) groups is 1. The van der Waals surface area contributed by atoms with E-state index in [1.54, 1.807) is 54.6 Å². The highest BCUT2D eigenvalue weighted by Gasteiger charge is 2.35. The fraction of sp³-hybridized carbons (Fsp3) is 0.115. The molecule has 9 heteroatoms. The highest BCUT2D eigenvalue weighted by Crippen LogP contribution is 2.35. The minimum absolute atomic E-state index is 0.0795. The van der Waals surface area contributed by atoms with Crippen LogP contribution in [0.5, 0.6) is 5.75 Å². The summed E-state index contributed by atoms with van der Waals surface area (Å²) in [6.45, 7) is 1.81. The number of nitrogens with one attached hydrogen (secondary N) is 1. The van der Waals surface area contributed by atoms with Crippen molar-refractivity contribution in [1.29, 1.82) is 0 Å². The standard InChI is InChI=1S/C26H20Cl2N2O4S/c1-16-5-4-7-19(11-16)29-24(31)15-34-22-8-3-2-6-18(22)13-23-25(32)30(26(33)35-23)14-17-9-10-20(27)21(28)12-17/h2-13H,14-15H2,1H3,(H,29,31)/b23-13-. The lowest BCUT2D eigenvalue weighted by Crippen LogP contribution is -2.27. The van der Waals surface area contributed by atoms with Crippen molar-refractivity contribution in [2.75, 3.05) is 11.9 Å². The molecular weight excluding hydrogens is 507 g/mol. The number of benzene rings is 3. The zero-order chi connectivity index (χ0) is 24.9. The van der Waals surface area contributed by atoms with Gasteiger partial charge in [-0.2, -0.15) is 0 Å². The van der Waals surface area contributed by atoms with Gasteiger partial charge in [-0.1, -0.05) is 59.6 Å². The predicted octanol–water partition coefficient (Wildman–Crippen LogP) is 6.56. The summed E-state index contributed by atoms with van der Waals surface area (Å²) in [4.78, 5) is 39.2. The molecule has 0 aliphatic carbocycles. The Bertz CT molecular complexity index is 1340. The Morgan fingerprint density at radius 1 is 1.03 bits per heavy atom. The summed E-state index contributed by atoms with van der Waals surface area (Å²) in [6, 6.07) is 19.4. The van der Waals surface area contributed by atoms with E-state index in [4.69, 9.17) is 27.9 Å². The molecule has 6 nitrogen and oxygen atoms in total. The fourth-order valence-corrected chi connectivity index (χ4v) is 4.54. The van der Waals surface area contributed by atoms with Gasteiger partial charge in [-0.05, 0) is 66.2 Å². The van der Waals surface area contributed by atoms with Crippen molar-refractivity contribution in [2.45, 2.75) is 13.5 Å². The molecule has 1 aliphatic heterocycles. The van der Waals surface area contributed by atoms with Gasteiger partial charge in [-0.25, -0.2) is 0 Å². The van der Waals surface area contributed by atoms with E-state index in [0.29, 0.717) is 32.6 Å². The van der Waals surface area contributed by atoms with Crippen LogP contribution in [0.15, 0.2) is 71.6 Å². The molecule has 0 aromatic heterocycles. The van der Waals surface area contributed by atoms with Gasteiger partial charge in [-0.3, -0.25) is 19.3 Å². The van der Waals surface area contributed by atoms with E-state index in [9.17, 15) is 14.4 Å². The van der Waals surface area contributed by atoms with Gasteiger partial charge in [0.05, 0.1) is 21.5 Å². The Hall–Kier alpha value is -3.26. The van der Waals surface area contributed by atoms with Crippen LogP contribution in [0.1, 0.15) is 16.7 Å². The second kappa shape index (κ2) is 11.0. The van der Waals surface area contributed by atoms with Crippen LogP contribution in [0.4, 0.5) is 10.5 Å². The number of halogens is 2. The molecule has 1 aliphatic rings. The zero-order valence-electron chi connectivity index (χ0n) is 18.6. The topological polar surface area (TPSA) is 75.7 Å². The smallest absolute Gasteiger partial charge is 0.293 e. The zero-order valence-corrected chi connectivity index (χ0v) is 20.9. The van der Waals surface area contributed by atoms with Crippen molar-refractivity contribution < 1.29 is 19.1 Å². The second-order valence-corrected chi connectivity index (χ2v) is 9.57. The molecule has 1 heterocycles. The molecular formula is C26H20Cl2N2O4S. The quantitative estimate of drug-likeness (QED) is 0.353. The van der Waals surface area contributed by atoms with Gasteiger partial charge in [0.25, 0.3) is 17.1 Å². The van der Waals surface area contributed by atoms with Crippen LogP contribution in [0.3, 0.4) is 0 Å². The van der Waals surface area contributed by atoms with Gasteiger partial charge in [0.2, 0.25) is 0 Å². The predicted molar refractivity (Wildman–Crippen MR) is 140 cm³/mol. The molecule has 0 spiro atoms. The van der Waals surface area contributed by atoms with Gasteiger partial charge < -0.3 is 10.1 Å². The van der Waals surface area contributed by atoms with Crippen LogP contribution >= 0.6 is 35.0 Å². The summed E-state index contributed by atoms with van der Waals surface area (Å²) in [5.74, 6) is -0.311. The summed E-state index contributed by atoms with van der Waals surface area (Å²) in [5, 5.41) is 3.15. The number of hydrogen-bond donors (Lipinski definition) is 1. The average Bonchev–Trinajstić information content (AvgIpc) is 3.08. The molecule has 3 aromatic carbocycles. The molecule has 1 fully saturated rings. The first-order valence-electron chi connectivity index (χ1n) is 10.6. The van der Waals surface area contributed by atoms with E-state index in [0.717, 1.165) is 22.2 Å². The number of para-hydroxylation sites is 1. The van der Waals surface area contributed by atoms with E-state index in [2.05, 4.69) is 5.32 Å². The van der Waals surface area contributed by atoms with E-state index >= 15 is 0 Å². The van der Waals surface area contributed by atoms with Crippen molar-refractivity contribution in [1.82, 2.24) is 4.90 Å². The average molecular weight is 527 g/mol. The first-order chi connectivity index (χ1) is 16.8. The number of amides is 3. The number of nitrogens with zero attached hydrogens (tertiary/aromatic N) is 1. The maximum atomic E-state index is 12.9. The summed E-state index contributed by atoms with van der Waals surface area (Å²) < 4.78 is 5.72. The lowest BCUT2D eigenvalue weighted by Gasteiger charge is -2.13. The van der Waals surface area contributed by atoms with Crippen LogP contribution in [0.25, 0.3) is 6.08 Å². The van der Waals surface area contributed by atoms with Crippen molar-refractivity contribution in [3.05, 3.63) is 98.4 Å². The minimum atomic E-state index is -0.418. The van der Waals surface area contributed by atoms with Gasteiger partial charge >= 0.3 is 0 Å². The molecule has 4 rings (SSSR count).